The van der Waals surface area contributed by atoms with Gasteiger partial charge >= 0.3 is 0 Å². The van der Waals surface area contributed by atoms with Gasteiger partial charge in [0.15, 0.2) is 0 Å². The summed E-state index contributed by atoms with van der Waals surface area (Å²) < 4.78 is 5.44. The maximum absolute atomic E-state index is 12.5. The number of aryl methyl sites for hydroxylation is 1. The molecule has 1 aromatic carbocycles. The van der Waals surface area contributed by atoms with Crippen LogP contribution in [0.25, 0.3) is 11.4 Å². The predicted octanol–water partition coefficient (Wildman–Crippen LogP) is 3.74. The van der Waals surface area contributed by atoms with Crippen molar-refractivity contribution in [3.63, 3.8) is 0 Å². The molecule has 0 saturated carbocycles. The molecule has 0 spiro atoms. The van der Waals surface area contributed by atoms with Gasteiger partial charge in [0.25, 0.3) is 5.91 Å². The van der Waals surface area contributed by atoms with Crippen LogP contribution < -0.4 is 0 Å². The summed E-state index contributed by atoms with van der Waals surface area (Å²) in [5.74, 6) is 1.43. The molecule has 2 aromatic heterocycles. The van der Waals surface area contributed by atoms with Gasteiger partial charge in [-0.1, -0.05) is 35.5 Å². The number of amides is 1. The summed E-state index contributed by atoms with van der Waals surface area (Å²) in [6, 6.07) is 13.6. The first-order valence-corrected chi connectivity index (χ1v) is 8.77. The van der Waals surface area contributed by atoms with Crippen molar-refractivity contribution in [2.24, 2.45) is 0 Å². The Kier molecular flexibility index (Phi) is 3.90. The number of benzene rings is 1. The summed E-state index contributed by atoms with van der Waals surface area (Å²) in [4.78, 5) is 20.9. The van der Waals surface area contributed by atoms with E-state index in [1.165, 1.54) is 11.3 Å². The van der Waals surface area contributed by atoms with E-state index in [0.29, 0.717) is 18.3 Å². The molecule has 0 N–H and O–H groups in total. The predicted molar refractivity (Wildman–Crippen MR) is 92.1 cm³/mol. The molecule has 1 aliphatic rings. The minimum absolute atomic E-state index is 0.0957. The van der Waals surface area contributed by atoms with Crippen molar-refractivity contribution in [1.82, 2.24) is 15.0 Å². The van der Waals surface area contributed by atoms with E-state index in [0.717, 1.165) is 28.3 Å². The van der Waals surface area contributed by atoms with E-state index < -0.39 is 0 Å². The molecular formula is C18H17N3O2S. The second-order valence-electron chi connectivity index (χ2n) is 5.97. The lowest BCUT2D eigenvalue weighted by Crippen LogP contribution is -2.27. The molecule has 24 heavy (non-hydrogen) atoms. The molecule has 0 radical (unpaired) electrons. The fourth-order valence-corrected chi connectivity index (χ4v) is 3.79. The standard InChI is InChI=1S/C18H17N3O2S/c1-12-7-8-15(24-12)18(22)21-10-9-14(11-21)17-19-16(20-23-17)13-5-3-2-4-6-13/h2-8,14H,9-11H2,1H3. The van der Waals surface area contributed by atoms with Gasteiger partial charge in [-0.15, -0.1) is 11.3 Å². The zero-order valence-corrected chi connectivity index (χ0v) is 14.1. The molecule has 122 valence electrons. The van der Waals surface area contributed by atoms with Crippen LogP contribution >= 0.6 is 11.3 Å². The molecule has 6 heteroatoms. The van der Waals surface area contributed by atoms with E-state index in [1.807, 2.05) is 54.3 Å². The van der Waals surface area contributed by atoms with Crippen molar-refractivity contribution in [2.75, 3.05) is 13.1 Å². The third-order valence-electron chi connectivity index (χ3n) is 4.25. The largest absolute Gasteiger partial charge is 0.339 e. The molecule has 1 unspecified atom stereocenters. The Hall–Kier alpha value is -2.47. The second-order valence-corrected chi connectivity index (χ2v) is 7.26. The van der Waals surface area contributed by atoms with Gasteiger partial charge in [0, 0.05) is 23.5 Å². The number of hydrogen-bond donors (Lipinski definition) is 0. The third kappa shape index (κ3) is 2.85. The monoisotopic (exact) mass is 339 g/mol. The lowest BCUT2D eigenvalue weighted by molar-refractivity contribution is 0.0794. The number of thiophene rings is 1. The molecule has 4 rings (SSSR count). The van der Waals surface area contributed by atoms with Gasteiger partial charge in [-0.05, 0) is 25.5 Å². The van der Waals surface area contributed by atoms with Gasteiger partial charge in [-0.25, -0.2) is 0 Å². The van der Waals surface area contributed by atoms with Gasteiger partial charge in [-0.3, -0.25) is 4.79 Å². The fraction of sp³-hybridized carbons (Fsp3) is 0.278. The van der Waals surface area contributed by atoms with Crippen molar-refractivity contribution < 1.29 is 9.32 Å². The summed E-state index contributed by atoms with van der Waals surface area (Å²) in [6.07, 6.45) is 0.854. The molecule has 3 aromatic rings. The molecule has 1 aliphatic heterocycles. The molecule has 1 saturated heterocycles. The number of likely N-dealkylation sites (tertiary alicyclic amines) is 1. The van der Waals surface area contributed by atoms with Crippen LogP contribution in [0.2, 0.25) is 0 Å². The van der Waals surface area contributed by atoms with Crippen molar-refractivity contribution in [3.8, 4) is 11.4 Å². The van der Waals surface area contributed by atoms with Gasteiger partial charge in [-0.2, -0.15) is 4.98 Å². The zero-order chi connectivity index (χ0) is 16.5. The molecule has 0 bridgehead atoms. The van der Waals surface area contributed by atoms with Crippen LogP contribution in [0.3, 0.4) is 0 Å². The van der Waals surface area contributed by atoms with Crippen LogP contribution in [0.4, 0.5) is 0 Å². The van der Waals surface area contributed by atoms with Crippen molar-refractivity contribution in [3.05, 3.63) is 58.1 Å². The Bertz CT molecular complexity index is 856. The van der Waals surface area contributed by atoms with E-state index in [-0.39, 0.29) is 11.8 Å². The Morgan fingerprint density at radius 2 is 2.08 bits per heavy atom. The maximum atomic E-state index is 12.5. The highest BCUT2D eigenvalue weighted by Gasteiger charge is 2.32. The lowest BCUT2D eigenvalue weighted by Gasteiger charge is -2.14. The minimum Gasteiger partial charge on any atom is -0.339 e. The summed E-state index contributed by atoms with van der Waals surface area (Å²) in [7, 11) is 0. The third-order valence-corrected chi connectivity index (χ3v) is 5.24. The SMILES string of the molecule is Cc1ccc(C(=O)N2CCC(c3nc(-c4ccccc4)no3)C2)s1. The number of rotatable bonds is 3. The summed E-state index contributed by atoms with van der Waals surface area (Å²) in [6.45, 7) is 3.37. The van der Waals surface area contributed by atoms with E-state index in [1.54, 1.807) is 0 Å². The molecule has 3 heterocycles. The Morgan fingerprint density at radius 1 is 1.25 bits per heavy atom. The maximum Gasteiger partial charge on any atom is 0.263 e. The quantitative estimate of drug-likeness (QED) is 0.729. The van der Waals surface area contributed by atoms with Gasteiger partial charge in [0.1, 0.15) is 0 Å². The van der Waals surface area contributed by atoms with Gasteiger partial charge in [0.05, 0.1) is 10.8 Å². The summed E-state index contributed by atoms with van der Waals surface area (Å²) in [5, 5.41) is 4.07. The number of hydrogen-bond acceptors (Lipinski definition) is 5. The molecule has 5 nitrogen and oxygen atoms in total. The average Bonchev–Trinajstić information content (AvgIpc) is 3.35. The second kappa shape index (κ2) is 6.20. The topological polar surface area (TPSA) is 59.2 Å². The van der Waals surface area contributed by atoms with E-state index in [9.17, 15) is 4.79 Å². The zero-order valence-electron chi connectivity index (χ0n) is 13.3. The number of aromatic nitrogens is 2. The lowest BCUT2D eigenvalue weighted by atomic mass is 10.1. The summed E-state index contributed by atoms with van der Waals surface area (Å²) in [5.41, 5.74) is 0.937. The number of carbonyl (C=O) groups is 1. The highest BCUT2D eigenvalue weighted by Crippen LogP contribution is 2.29. The van der Waals surface area contributed by atoms with E-state index in [4.69, 9.17) is 4.52 Å². The first-order valence-electron chi connectivity index (χ1n) is 7.95. The van der Waals surface area contributed by atoms with Crippen LogP contribution in [-0.2, 0) is 0 Å². The number of carbonyl (C=O) groups excluding carboxylic acids is 1. The average molecular weight is 339 g/mol. The van der Waals surface area contributed by atoms with E-state index in [2.05, 4.69) is 10.1 Å². The number of nitrogens with zero attached hydrogens (tertiary/aromatic N) is 3. The Balaban J connectivity index is 1.47. The van der Waals surface area contributed by atoms with Crippen LogP contribution in [0.15, 0.2) is 47.0 Å². The van der Waals surface area contributed by atoms with Gasteiger partial charge < -0.3 is 9.42 Å². The van der Waals surface area contributed by atoms with Crippen molar-refractivity contribution in [1.29, 1.82) is 0 Å². The molecule has 0 aliphatic carbocycles. The van der Waals surface area contributed by atoms with Crippen molar-refractivity contribution >= 4 is 17.2 Å². The van der Waals surface area contributed by atoms with E-state index >= 15 is 0 Å². The van der Waals surface area contributed by atoms with Gasteiger partial charge in [0.2, 0.25) is 11.7 Å². The molecule has 1 fully saturated rings. The first kappa shape index (κ1) is 15.1. The van der Waals surface area contributed by atoms with Crippen LogP contribution in [0.1, 0.15) is 32.8 Å². The molecular weight excluding hydrogens is 322 g/mol. The minimum atomic E-state index is 0.0957. The summed E-state index contributed by atoms with van der Waals surface area (Å²) >= 11 is 1.54. The highest BCUT2D eigenvalue weighted by molar-refractivity contribution is 7.13. The molecule has 1 amide bonds. The highest BCUT2D eigenvalue weighted by atomic mass is 32.1. The fourth-order valence-electron chi connectivity index (χ4n) is 2.96. The molecule has 1 atom stereocenters. The Morgan fingerprint density at radius 3 is 2.83 bits per heavy atom. The van der Waals surface area contributed by atoms with Crippen molar-refractivity contribution in [2.45, 2.75) is 19.3 Å². The van der Waals surface area contributed by atoms with Crippen LogP contribution in [-0.4, -0.2) is 34.0 Å². The smallest absolute Gasteiger partial charge is 0.263 e. The normalized spacial score (nSPS) is 17.4. The Labute approximate surface area is 143 Å². The first-order chi connectivity index (χ1) is 11.7. The van der Waals surface area contributed by atoms with Crippen LogP contribution in [0.5, 0.6) is 0 Å². The van der Waals surface area contributed by atoms with Crippen LogP contribution in [0, 0.1) is 6.92 Å².